The summed E-state index contributed by atoms with van der Waals surface area (Å²) in [6.45, 7) is 11.9. The summed E-state index contributed by atoms with van der Waals surface area (Å²) in [6, 6.07) is 19.4. The van der Waals surface area contributed by atoms with Crippen LogP contribution in [-0.2, 0) is 31.1 Å². The first-order chi connectivity index (χ1) is 27.3. The Morgan fingerprint density at radius 1 is 0.862 bits per heavy atom. The zero-order chi connectivity index (χ0) is 42.0. The van der Waals surface area contributed by atoms with Gasteiger partial charge in [0.2, 0.25) is 5.69 Å². The van der Waals surface area contributed by atoms with Crippen LogP contribution >= 0.6 is 0 Å². The molecule has 2 aliphatic heterocycles. The second-order valence-corrected chi connectivity index (χ2v) is 19.2. The monoisotopic (exact) mass is 829 g/mol. The van der Waals surface area contributed by atoms with E-state index in [1.165, 1.54) is 41.2 Å². The van der Waals surface area contributed by atoms with Crippen LogP contribution < -0.4 is 9.64 Å². The highest BCUT2D eigenvalue weighted by molar-refractivity contribution is 7.86. The number of benzene rings is 3. The van der Waals surface area contributed by atoms with E-state index in [9.17, 15) is 35.8 Å². The molecule has 11 nitrogen and oxygen atoms in total. The van der Waals surface area contributed by atoms with Crippen molar-refractivity contribution in [1.29, 1.82) is 0 Å². The number of hydrogen-bond acceptors (Lipinski definition) is 7. The van der Waals surface area contributed by atoms with Gasteiger partial charge >= 0.3 is 5.97 Å². The van der Waals surface area contributed by atoms with Gasteiger partial charge in [0.25, 0.3) is 20.2 Å². The topological polar surface area (TPSA) is 162 Å². The number of nitrogens with zero attached hydrogens (tertiary/aromatic N) is 2. The Morgan fingerprint density at radius 2 is 1.59 bits per heavy atom. The van der Waals surface area contributed by atoms with Gasteiger partial charge in [0, 0.05) is 47.5 Å². The van der Waals surface area contributed by atoms with Crippen LogP contribution in [0.25, 0.3) is 0 Å². The zero-order valence-electron chi connectivity index (χ0n) is 33.7. The third kappa shape index (κ3) is 9.07. The van der Waals surface area contributed by atoms with E-state index >= 15 is 0 Å². The maximum absolute atomic E-state index is 12.2. The molecule has 308 valence electrons. The molecule has 0 spiro atoms. The standard InChI is InChI=1S/C45H52N2O9S2/c1-6-7-27-46-38-16-9-8-15-36(38)44(2,3)40(46)25-19-31-13-12-14-32(42(31)56-34-21-17-33(18-22-34)43(48)49)20-26-41-45(4,5)37-30-35(58(53,54)55)23-24-39(37)47(41)28-10-11-29-57(50,51)52/h8-9,15-26,30H,6-7,10-14,27-29H2,1-5H3,(H2-,48,49,50,51,52,53,54,55)/p+1. The summed E-state index contributed by atoms with van der Waals surface area (Å²) in [5.41, 5.74) is 7.01. The Kier molecular flexibility index (Phi) is 12.4. The van der Waals surface area contributed by atoms with E-state index in [-0.39, 0.29) is 28.0 Å². The van der Waals surface area contributed by atoms with Crippen molar-refractivity contribution in [1.82, 2.24) is 0 Å². The number of carboxylic acids is 1. The van der Waals surface area contributed by atoms with E-state index in [1.807, 2.05) is 30.9 Å². The number of ether oxygens (including phenoxy) is 1. The molecule has 3 aromatic carbocycles. The largest absolute Gasteiger partial charge is 0.478 e. The molecule has 0 fully saturated rings. The maximum atomic E-state index is 12.2. The summed E-state index contributed by atoms with van der Waals surface area (Å²) in [5, 5.41) is 9.53. The Hall–Kier alpha value is -4.82. The molecule has 0 unspecified atom stereocenters. The fourth-order valence-corrected chi connectivity index (χ4v) is 9.38. The normalized spacial score (nSPS) is 19.1. The number of unbranched alkanes of at least 4 members (excludes halogenated alkanes) is 2. The summed E-state index contributed by atoms with van der Waals surface area (Å²) in [7, 11) is -8.62. The molecule has 6 rings (SSSR count). The van der Waals surface area contributed by atoms with E-state index in [1.54, 1.807) is 18.2 Å². The average Bonchev–Trinajstić information content (AvgIpc) is 3.51. The maximum Gasteiger partial charge on any atom is 0.335 e. The van der Waals surface area contributed by atoms with Gasteiger partial charge < -0.3 is 14.7 Å². The van der Waals surface area contributed by atoms with Gasteiger partial charge in [-0.15, -0.1) is 0 Å². The molecule has 13 heteroatoms. The minimum absolute atomic E-state index is 0.147. The molecule has 0 bridgehead atoms. The van der Waals surface area contributed by atoms with Crippen LogP contribution in [0.4, 0.5) is 11.4 Å². The van der Waals surface area contributed by atoms with Crippen LogP contribution in [0.15, 0.2) is 119 Å². The second-order valence-electron chi connectivity index (χ2n) is 16.2. The van der Waals surface area contributed by atoms with Crippen LogP contribution in [0.5, 0.6) is 5.75 Å². The molecule has 0 atom stereocenters. The van der Waals surface area contributed by atoms with Crippen LogP contribution in [0.1, 0.15) is 101 Å². The smallest absolute Gasteiger partial charge is 0.335 e. The van der Waals surface area contributed by atoms with Gasteiger partial charge in [-0.1, -0.05) is 51.5 Å². The summed E-state index contributed by atoms with van der Waals surface area (Å²) >= 11 is 0. The number of allylic oxidation sites excluding steroid dienone is 7. The van der Waals surface area contributed by atoms with Crippen molar-refractivity contribution >= 4 is 43.3 Å². The summed E-state index contributed by atoms with van der Waals surface area (Å²) in [5.74, 6) is -0.256. The van der Waals surface area contributed by atoms with Crippen LogP contribution in [0.2, 0.25) is 0 Å². The highest BCUT2D eigenvalue weighted by atomic mass is 32.2. The predicted molar refractivity (Wildman–Crippen MR) is 227 cm³/mol. The lowest BCUT2D eigenvalue weighted by Crippen LogP contribution is -2.28. The third-order valence-corrected chi connectivity index (χ3v) is 13.1. The van der Waals surface area contributed by atoms with Gasteiger partial charge in [0.15, 0.2) is 5.71 Å². The molecular formula is C45H53N2O9S2+. The minimum atomic E-state index is -4.48. The molecule has 3 aromatic rings. The van der Waals surface area contributed by atoms with Crippen LogP contribution in [0.3, 0.4) is 0 Å². The molecule has 2 heterocycles. The van der Waals surface area contributed by atoms with Gasteiger partial charge in [-0.2, -0.15) is 21.4 Å². The SMILES string of the molecule is CCCC[N+]1=C(/C=C/C2=C(Oc3ccc(C(=O)O)cc3)C(=C/C=C3/N(CCCCS(=O)(=O)O)c4ccc(S(=O)(=O)O)cc4C3(C)C)/CCC2)C(C)(C)c2ccccc21. The molecule has 1 aliphatic carbocycles. The lowest BCUT2D eigenvalue weighted by molar-refractivity contribution is -0.438. The first-order valence-corrected chi connectivity index (χ1v) is 22.8. The Balaban J connectivity index is 1.46. The number of rotatable bonds is 15. The Bertz CT molecular complexity index is 2470. The van der Waals surface area contributed by atoms with Crippen molar-refractivity contribution in [3.05, 3.63) is 130 Å². The van der Waals surface area contributed by atoms with E-state index < -0.39 is 31.6 Å². The molecule has 0 aromatic heterocycles. The van der Waals surface area contributed by atoms with Crippen LogP contribution in [-0.4, -0.2) is 66.1 Å². The predicted octanol–water partition coefficient (Wildman–Crippen LogP) is 9.16. The molecule has 0 amide bonds. The van der Waals surface area contributed by atoms with E-state index in [0.29, 0.717) is 36.5 Å². The number of para-hydroxylation sites is 1. The fourth-order valence-electron chi connectivity index (χ4n) is 8.30. The van der Waals surface area contributed by atoms with Crippen molar-refractivity contribution in [3.63, 3.8) is 0 Å². The van der Waals surface area contributed by atoms with Crippen molar-refractivity contribution in [2.45, 2.75) is 95.3 Å². The van der Waals surface area contributed by atoms with Crippen molar-refractivity contribution < 1.29 is 45.2 Å². The fraction of sp³-hybridized carbons (Fsp3) is 0.378. The number of carbonyl (C=O) groups is 1. The zero-order valence-corrected chi connectivity index (χ0v) is 35.4. The molecule has 0 saturated heterocycles. The molecule has 3 N–H and O–H groups in total. The summed E-state index contributed by atoms with van der Waals surface area (Å²) in [4.78, 5) is 13.5. The first kappa shape index (κ1) is 42.8. The van der Waals surface area contributed by atoms with Crippen molar-refractivity contribution in [3.8, 4) is 5.75 Å². The van der Waals surface area contributed by atoms with Crippen molar-refractivity contribution in [2.24, 2.45) is 0 Å². The van der Waals surface area contributed by atoms with Gasteiger partial charge in [0.05, 0.1) is 21.6 Å². The Labute approximate surface area is 342 Å². The average molecular weight is 830 g/mol. The summed E-state index contributed by atoms with van der Waals surface area (Å²) in [6.07, 6.45) is 13.4. The number of hydrogen-bond donors (Lipinski definition) is 3. The van der Waals surface area contributed by atoms with Crippen LogP contribution in [0, 0.1) is 0 Å². The molecule has 0 radical (unpaired) electrons. The van der Waals surface area contributed by atoms with E-state index in [0.717, 1.165) is 54.8 Å². The Morgan fingerprint density at radius 3 is 2.26 bits per heavy atom. The van der Waals surface area contributed by atoms with Crippen molar-refractivity contribution in [2.75, 3.05) is 23.7 Å². The second kappa shape index (κ2) is 16.8. The lowest BCUT2D eigenvalue weighted by Gasteiger charge is -2.27. The highest BCUT2D eigenvalue weighted by Gasteiger charge is 2.44. The quantitative estimate of drug-likeness (QED) is 0.0765. The molecule has 58 heavy (non-hydrogen) atoms. The minimum Gasteiger partial charge on any atom is -0.478 e. The summed E-state index contributed by atoms with van der Waals surface area (Å²) < 4.78 is 75.7. The first-order valence-electron chi connectivity index (χ1n) is 19.8. The highest BCUT2D eigenvalue weighted by Crippen LogP contribution is 2.49. The van der Waals surface area contributed by atoms with Gasteiger partial charge in [-0.25, -0.2) is 4.79 Å². The number of aromatic carboxylic acids is 1. The van der Waals surface area contributed by atoms with Gasteiger partial charge in [-0.05, 0) is 117 Å². The number of fused-ring (bicyclic) bond motifs is 2. The lowest BCUT2D eigenvalue weighted by atomic mass is 9.81. The van der Waals surface area contributed by atoms with Gasteiger partial charge in [-0.3, -0.25) is 9.11 Å². The van der Waals surface area contributed by atoms with E-state index in [2.05, 4.69) is 61.8 Å². The van der Waals surface area contributed by atoms with E-state index in [4.69, 9.17) is 4.74 Å². The molecule has 0 saturated carbocycles. The number of carboxylic acid groups (broad SMARTS) is 1. The molecular weight excluding hydrogens is 777 g/mol. The third-order valence-electron chi connectivity index (χ3n) is 11.4. The number of anilines is 1. The molecule has 3 aliphatic rings. The van der Waals surface area contributed by atoms with Gasteiger partial charge in [0.1, 0.15) is 18.1 Å².